The van der Waals surface area contributed by atoms with Gasteiger partial charge >= 0.3 is 0 Å². The first-order valence-electron chi connectivity index (χ1n) is 5.73. The van der Waals surface area contributed by atoms with Gasteiger partial charge in [-0.25, -0.2) is 0 Å². The molecule has 3 heteroatoms. The van der Waals surface area contributed by atoms with E-state index in [1.807, 2.05) is 12.1 Å². The molecule has 0 aliphatic heterocycles. The van der Waals surface area contributed by atoms with E-state index in [0.717, 1.165) is 5.69 Å². The molecule has 0 amide bonds. The van der Waals surface area contributed by atoms with Crippen molar-refractivity contribution in [3.8, 4) is 0 Å². The molecule has 1 aromatic heterocycles. The maximum Gasteiger partial charge on any atom is 0.252 e. The first-order chi connectivity index (χ1) is 7.31. The van der Waals surface area contributed by atoms with Crippen molar-refractivity contribution in [1.29, 1.82) is 0 Å². The van der Waals surface area contributed by atoms with Crippen LogP contribution >= 0.6 is 0 Å². The Morgan fingerprint density at radius 3 is 2.60 bits per heavy atom. The van der Waals surface area contributed by atoms with Crippen LogP contribution < -0.4 is 11.3 Å². The number of H-pyrrole nitrogens is 1. The summed E-state index contributed by atoms with van der Waals surface area (Å²) in [5.74, 6) is 0.554. The minimum Gasteiger partial charge on any atom is -0.326 e. The number of nitrogens with one attached hydrogen (secondary N) is 1. The summed E-state index contributed by atoms with van der Waals surface area (Å²) in [6.45, 7) is 0.320. The summed E-state index contributed by atoms with van der Waals surface area (Å²) in [7, 11) is 0. The highest BCUT2D eigenvalue weighted by Crippen LogP contribution is 2.30. The van der Waals surface area contributed by atoms with Gasteiger partial charge in [0.15, 0.2) is 0 Å². The lowest BCUT2D eigenvalue weighted by atomic mass is 9.86. The van der Waals surface area contributed by atoms with Crippen molar-refractivity contribution >= 4 is 0 Å². The van der Waals surface area contributed by atoms with E-state index in [2.05, 4.69) is 4.98 Å². The fraction of sp³-hybridized carbons (Fsp3) is 0.583. The second-order valence-corrected chi connectivity index (χ2v) is 4.31. The molecule has 0 spiro atoms. The number of hydrogen-bond donors (Lipinski definition) is 2. The molecule has 1 aliphatic rings. The van der Waals surface area contributed by atoms with Gasteiger partial charge in [0, 0.05) is 17.8 Å². The zero-order valence-corrected chi connectivity index (χ0v) is 8.96. The average molecular weight is 206 g/mol. The molecule has 1 heterocycles. The van der Waals surface area contributed by atoms with Gasteiger partial charge in [-0.05, 0) is 24.8 Å². The van der Waals surface area contributed by atoms with Crippen molar-refractivity contribution in [2.24, 2.45) is 5.73 Å². The smallest absolute Gasteiger partial charge is 0.252 e. The molecule has 2 rings (SSSR count). The van der Waals surface area contributed by atoms with Crippen molar-refractivity contribution < 1.29 is 0 Å². The van der Waals surface area contributed by atoms with Crippen LogP contribution in [0.2, 0.25) is 0 Å². The van der Waals surface area contributed by atoms with Gasteiger partial charge in [-0.1, -0.05) is 25.3 Å². The van der Waals surface area contributed by atoms with Crippen LogP contribution in [0, 0.1) is 0 Å². The highest BCUT2D eigenvalue weighted by molar-refractivity contribution is 5.17. The largest absolute Gasteiger partial charge is 0.326 e. The van der Waals surface area contributed by atoms with Crippen molar-refractivity contribution in [2.75, 3.05) is 0 Å². The Kier molecular flexibility index (Phi) is 3.21. The number of aromatic amines is 1. The van der Waals surface area contributed by atoms with Crippen LogP contribution in [0.4, 0.5) is 0 Å². The molecular weight excluding hydrogens is 188 g/mol. The quantitative estimate of drug-likeness (QED) is 0.776. The van der Waals surface area contributed by atoms with E-state index in [4.69, 9.17) is 5.73 Å². The summed E-state index contributed by atoms with van der Waals surface area (Å²) >= 11 is 0. The van der Waals surface area contributed by atoms with Gasteiger partial charge in [-0.15, -0.1) is 0 Å². The Labute approximate surface area is 89.7 Å². The molecular formula is C12H18N2O. The van der Waals surface area contributed by atoms with Gasteiger partial charge in [0.25, 0.3) is 5.56 Å². The Balaban J connectivity index is 2.21. The molecule has 1 saturated carbocycles. The van der Waals surface area contributed by atoms with Gasteiger partial charge in [0.1, 0.15) is 0 Å². The molecule has 1 aromatic rings. The number of hydrogen-bond acceptors (Lipinski definition) is 2. The molecule has 0 bridgehead atoms. The number of aromatic nitrogens is 1. The van der Waals surface area contributed by atoms with Gasteiger partial charge in [-0.2, -0.15) is 0 Å². The van der Waals surface area contributed by atoms with E-state index in [-0.39, 0.29) is 5.56 Å². The zero-order chi connectivity index (χ0) is 10.7. The predicted molar refractivity (Wildman–Crippen MR) is 60.8 cm³/mol. The third-order valence-electron chi connectivity index (χ3n) is 3.28. The Bertz CT molecular complexity index is 377. The minimum atomic E-state index is -0.0134. The van der Waals surface area contributed by atoms with Gasteiger partial charge in [-0.3, -0.25) is 4.79 Å². The highest BCUT2D eigenvalue weighted by Gasteiger charge is 2.16. The summed E-state index contributed by atoms with van der Waals surface area (Å²) in [5.41, 5.74) is 7.22. The van der Waals surface area contributed by atoms with Crippen LogP contribution in [-0.4, -0.2) is 4.98 Å². The number of pyridine rings is 1. The normalized spacial score (nSPS) is 17.9. The summed E-state index contributed by atoms with van der Waals surface area (Å²) in [5, 5.41) is 0. The molecule has 0 radical (unpaired) electrons. The van der Waals surface area contributed by atoms with E-state index in [0.29, 0.717) is 18.0 Å². The third-order valence-corrected chi connectivity index (χ3v) is 3.28. The first kappa shape index (κ1) is 10.4. The van der Waals surface area contributed by atoms with Crippen LogP contribution in [0.15, 0.2) is 16.9 Å². The minimum absolute atomic E-state index is 0.0134. The Hall–Kier alpha value is -1.09. The molecule has 0 unspecified atom stereocenters. The van der Waals surface area contributed by atoms with Crippen molar-refractivity contribution in [1.82, 2.24) is 4.98 Å². The van der Waals surface area contributed by atoms with E-state index >= 15 is 0 Å². The molecule has 3 N–H and O–H groups in total. The lowest BCUT2D eigenvalue weighted by Gasteiger charge is -2.21. The summed E-state index contributed by atoms with van der Waals surface area (Å²) in [6.07, 6.45) is 6.31. The van der Waals surface area contributed by atoms with E-state index in [9.17, 15) is 4.79 Å². The highest BCUT2D eigenvalue weighted by atomic mass is 16.1. The second-order valence-electron chi connectivity index (χ2n) is 4.31. The van der Waals surface area contributed by atoms with Gasteiger partial charge in [0.2, 0.25) is 0 Å². The van der Waals surface area contributed by atoms with E-state index in [1.165, 1.54) is 32.1 Å². The van der Waals surface area contributed by atoms with E-state index < -0.39 is 0 Å². The molecule has 0 atom stereocenters. The van der Waals surface area contributed by atoms with Crippen molar-refractivity contribution in [3.05, 3.63) is 33.7 Å². The average Bonchev–Trinajstić information content (AvgIpc) is 2.30. The van der Waals surface area contributed by atoms with E-state index in [1.54, 1.807) is 0 Å². The Morgan fingerprint density at radius 2 is 2.00 bits per heavy atom. The lowest BCUT2D eigenvalue weighted by molar-refractivity contribution is 0.436. The van der Waals surface area contributed by atoms with Crippen LogP contribution in [0.25, 0.3) is 0 Å². The van der Waals surface area contributed by atoms with Crippen molar-refractivity contribution in [3.63, 3.8) is 0 Å². The lowest BCUT2D eigenvalue weighted by Crippen LogP contribution is -2.19. The van der Waals surface area contributed by atoms with Gasteiger partial charge < -0.3 is 10.7 Å². The number of nitrogens with two attached hydrogens (primary N) is 1. The standard InChI is InChI=1S/C12H18N2O/c13-8-10-6-7-11(14-12(10)15)9-4-2-1-3-5-9/h6-7,9H,1-5,8,13H2,(H,14,15). The monoisotopic (exact) mass is 206 g/mol. The SMILES string of the molecule is NCc1ccc(C2CCCCC2)[nH]c1=O. The zero-order valence-electron chi connectivity index (χ0n) is 8.96. The molecule has 3 nitrogen and oxygen atoms in total. The Morgan fingerprint density at radius 1 is 1.27 bits per heavy atom. The summed E-state index contributed by atoms with van der Waals surface area (Å²) in [4.78, 5) is 14.5. The number of rotatable bonds is 2. The van der Waals surface area contributed by atoms with Crippen LogP contribution in [-0.2, 0) is 6.54 Å². The van der Waals surface area contributed by atoms with Crippen LogP contribution in [0.1, 0.15) is 49.3 Å². The van der Waals surface area contributed by atoms with Crippen molar-refractivity contribution in [2.45, 2.75) is 44.6 Å². The van der Waals surface area contributed by atoms with Crippen LogP contribution in [0.5, 0.6) is 0 Å². The fourth-order valence-electron chi connectivity index (χ4n) is 2.33. The molecule has 15 heavy (non-hydrogen) atoms. The van der Waals surface area contributed by atoms with Crippen LogP contribution in [0.3, 0.4) is 0 Å². The maximum atomic E-state index is 11.6. The molecule has 82 valence electrons. The fourth-order valence-corrected chi connectivity index (χ4v) is 2.33. The van der Waals surface area contributed by atoms with Gasteiger partial charge in [0.05, 0.1) is 0 Å². The third kappa shape index (κ3) is 2.29. The molecule has 1 fully saturated rings. The molecule has 1 aliphatic carbocycles. The second kappa shape index (κ2) is 4.62. The maximum absolute atomic E-state index is 11.6. The topological polar surface area (TPSA) is 58.9 Å². The molecule has 0 saturated heterocycles. The summed E-state index contributed by atoms with van der Waals surface area (Å²) < 4.78 is 0. The molecule has 0 aromatic carbocycles. The predicted octanol–water partition coefficient (Wildman–Crippen LogP) is 1.88. The first-order valence-corrected chi connectivity index (χ1v) is 5.73. The summed E-state index contributed by atoms with van der Waals surface area (Å²) in [6, 6.07) is 3.89.